The summed E-state index contributed by atoms with van der Waals surface area (Å²) in [5.41, 5.74) is 8.32. The zero-order chi connectivity index (χ0) is 23.7. The average Bonchev–Trinajstić information content (AvgIpc) is 3.32. The van der Waals surface area contributed by atoms with Crippen LogP contribution in [0.2, 0.25) is 0 Å². The first-order chi connectivity index (χ1) is 15.5. The first kappa shape index (κ1) is 24.0. The van der Waals surface area contributed by atoms with Gasteiger partial charge in [0.1, 0.15) is 11.3 Å². The molecule has 4 aromatic rings. The summed E-state index contributed by atoms with van der Waals surface area (Å²) in [6, 6.07) is 14.3. The highest BCUT2D eigenvalue weighted by Gasteiger charge is 2.11. The van der Waals surface area contributed by atoms with Gasteiger partial charge in [0.05, 0.1) is 11.2 Å². The fourth-order valence-electron chi connectivity index (χ4n) is 3.04. The number of aromatic nitrogens is 1. The zero-order valence-electron chi connectivity index (χ0n) is 18.3. The Morgan fingerprint density at radius 2 is 1.81 bits per heavy atom. The van der Waals surface area contributed by atoms with Crippen molar-refractivity contribution in [3.8, 4) is 12.8 Å². The average molecular weight is 434 g/mol. The number of aryl methyl sites for hydroxylation is 2. The Balaban J connectivity index is 0.000000860. The van der Waals surface area contributed by atoms with E-state index in [4.69, 9.17) is 14.6 Å². The van der Waals surface area contributed by atoms with Gasteiger partial charge in [-0.1, -0.05) is 26.0 Å². The molecule has 166 valence electrons. The highest BCUT2D eigenvalue weighted by molar-refractivity contribution is 5.97. The molecule has 2 aromatic heterocycles. The van der Waals surface area contributed by atoms with Crippen LogP contribution >= 0.6 is 0 Å². The van der Waals surface area contributed by atoms with E-state index < -0.39 is 5.76 Å². The van der Waals surface area contributed by atoms with Gasteiger partial charge in [-0.3, -0.25) is 14.7 Å². The number of guanidine groups is 1. The van der Waals surface area contributed by atoms with Crippen molar-refractivity contribution in [1.29, 1.82) is 0 Å². The van der Waals surface area contributed by atoms with Crippen LogP contribution in [0.5, 0.6) is 0 Å². The Labute approximate surface area is 185 Å². The van der Waals surface area contributed by atoms with Gasteiger partial charge in [-0.25, -0.2) is 9.79 Å². The fourth-order valence-corrected chi connectivity index (χ4v) is 3.04. The van der Waals surface area contributed by atoms with E-state index in [2.05, 4.69) is 23.2 Å². The molecule has 32 heavy (non-hydrogen) atoms. The summed E-state index contributed by atoms with van der Waals surface area (Å²) in [5.74, 6) is -0.0635. The van der Waals surface area contributed by atoms with Gasteiger partial charge in [-0.15, -0.1) is 12.8 Å². The molecule has 8 heteroatoms. The predicted molar refractivity (Wildman–Crippen MR) is 127 cm³/mol. The quantitative estimate of drug-likeness (QED) is 0.285. The van der Waals surface area contributed by atoms with Gasteiger partial charge >= 0.3 is 5.76 Å². The van der Waals surface area contributed by atoms with Gasteiger partial charge in [0.15, 0.2) is 5.58 Å². The molecule has 0 fully saturated rings. The molecule has 0 saturated heterocycles. The first-order valence-corrected chi connectivity index (χ1v) is 10.1. The second kappa shape index (κ2) is 11.2. The van der Waals surface area contributed by atoms with Crippen molar-refractivity contribution in [3.63, 3.8) is 0 Å². The van der Waals surface area contributed by atoms with Crippen LogP contribution in [0.15, 0.2) is 67.2 Å². The van der Waals surface area contributed by atoms with Crippen molar-refractivity contribution in [2.75, 3.05) is 0 Å². The SMILES string of the molecule is C#C.CC.Cc1cc2cc(N=C(N)NC(=O)CCn3c(=O)oc4ccccc43)ccc2o1. The number of nitrogens with one attached hydrogen (secondary N) is 1. The van der Waals surface area contributed by atoms with Crippen LogP contribution in [0.1, 0.15) is 26.0 Å². The second-order valence-corrected chi connectivity index (χ2v) is 6.36. The zero-order valence-corrected chi connectivity index (χ0v) is 18.3. The number of aliphatic imine (C=N–C) groups is 1. The molecule has 3 N–H and O–H groups in total. The van der Waals surface area contributed by atoms with Gasteiger partial charge in [-0.05, 0) is 43.3 Å². The van der Waals surface area contributed by atoms with Gasteiger partial charge in [0, 0.05) is 18.4 Å². The van der Waals surface area contributed by atoms with Gasteiger partial charge in [0.2, 0.25) is 11.9 Å². The van der Waals surface area contributed by atoms with E-state index in [0.717, 1.165) is 16.7 Å². The molecule has 0 atom stereocenters. The number of oxazole rings is 1. The number of fused-ring (bicyclic) bond motifs is 2. The third-order valence-electron chi connectivity index (χ3n) is 4.28. The molecule has 4 rings (SSSR count). The number of hydrogen-bond donors (Lipinski definition) is 2. The molecule has 0 saturated carbocycles. The summed E-state index contributed by atoms with van der Waals surface area (Å²) in [6.45, 7) is 6.04. The highest BCUT2D eigenvalue weighted by atomic mass is 16.4. The molecular weight excluding hydrogens is 408 g/mol. The van der Waals surface area contributed by atoms with Crippen LogP contribution in [0, 0.1) is 19.8 Å². The lowest BCUT2D eigenvalue weighted by Crippen LogP contribution is -2.37. The molecule has 1 amide bonds. The van der Waals surface area contributed by atoms with Crippen molar-refractivity contribution in [3.05, 3.63) is 64.8 Å². The number of carbonyl (C=O) groups excluding carboxylic acids is 1. The van der Waals surface area contributed by atoms with Crippen LogP contribution in [-0.4, -0.2) is 16.4 Å². The first-order valence-electron chi connectivity index (χ1n) is 10.1. The molecule has 2 aromatic carbocycles. The summed E-state index contributed by atoms with van der Waals surface area (Å²) >= 11 is 0. The van der Waals surface area contributed by atoms with E-state index in [9.17, 15) is 9.59 Å². The van der Waals surface area contributed by atoms with E-state index in [1.165, 1.54) is 4.57 Å². The molecule has 0 aliphatic carbocycles. The lowest BCUT2D eigenvalue weighted by Gasteiger charge is -2.05. The van der Waals surface area contributed by atoms with Crippen LogP contribution in [0.4, 0.5) is 5.69 Å². The third-order valence-corrected chi connectivity index (χ3v) is 4.28. The number of terminal acetylenes is 1. The topological polar surface area (TPSA) is 116 Å². The van der Waals surface area contributed by atoms with Crippen LogP contribution in [0.25, 0.3) is 22.1 Å². The molecule has 0 radical (unpaired) electrons. The van der Waals surface area contributed by atoms with Gasteiger partial charge in [0.25, 0.3) is 0 Å². The molecule has 0 aliphatic rings. The summed E-state index contributed by atoms with van der Waals surface area (Å²) < 4.78 is 12.1. The van der Waals surface area contributed by atoms with Crippen LogP contribution < -0.4 is 16.8 Å². The number of nitrogens with two attached hydrogens (primary N) is 1. The molecule has 0 aliphatic heterocycles. The highest BCUT2D eigenvalue weighted by Crippen LogP contribution is 2.24. The number of amides is 1. The van der Waals surface area contributed by atoms with Crippen LogP contribution in [-0.2, 0) is 11.3 Å². The van der Waals surface area contributed by atoms with E-state index in [1.807, 2.05) is 32.9 Å². The van der Waals surface area contributed by atoms with Crippen molar-refractivity contribution in [2.24, 2.45) is 10.7 Å². The monoisotopic (exact) mass is 434 g/mol. The number of nitrogens with zero attached hydrogens (tertiary/aromatic N) is 2. The van der Waals surface area contributed by atoms with Gasteiger partial charge in [-0.2, -0.15) is 0 Å². The number of furan rings is 1. The standard InChI is InChI=1S/C20H18N4O4.C2H6.C2H2/c1-12-10-13-11-14(6-7-16(13)27-12)22-19(21)23-18(25)8-9-24-15-4-2-3-5-17(15)28-20(24)26;2*1-2/h2-7,10-11H,8-9H2,1H3,(H3,21,22,23,25);1-2H3;1-2H. The molecule has 0 unspecified atom stereocenters. The van der Waals surface area contributed by atoms with E-state index >= 15 is 0 Å². The van der Waals surface area contributed by atoms with Crippen molar-refractivity contribution in [2.45, 2.75) is 33.7 Å². The maximum absolute atomic E-state index is 12.2. The molecular formula is C24H26N4O4. The lowest BCUT2D eigenvalue weighted by atomic mass is 10.2. The summed E-state index contributed by atoms with van der Waals surface area (Å²) in [6.07, 6.45) is 8.06. The van der Waals surface area contributed by atoms with Crippen molar-refractivity contribution >= 4 is 39.6 Å². The van der Waals surface area contributed by atoms with Crippen molar-refractivity contribution < 1.29 is 13.6 Å². The minimum absolute atomic E-state index is 0.0195. The Hall–Kier alpha value is -4.25. The summed E-state index contributed by atoms with van der Waals surface area (Å²) in [7, 11) is 0. The Kier molecular flexibility index (Phi) is 8.43. The van der Waals surface area contributed by atoms with E-state index in [1.54, 1.807) is 36.4 Å². The van der Waals surface area contributed by atoms with Crippen molar-refractivity contribution in [1.82, 2.24) is 9.88 Å². The molecule has 0 bridgehead atoms. The summed E-state index contributed by atoms with van der Waals surface area (Å²) in [5, 5.41) is 3.44. The summed E-state index contributed by atoms with van der Waals surface area (Å²) in [4.78, 5) is 28.3. The second-order valence-electron chi connectivity index (χ2n) is 6.36. The minimum atomic E-state index is -0.501. The number of hydrogen-bond acceptors (Lipinski definition) is 5. The number of para-hydroxylation sites is 2. The Morgan fingerprint density at radius 3 is 2.56 bits per heavy atom. The normalized spacial score (nSPS) is 10.7. The number of carbonyl (C=O) groups is 1. The smallest absolute Gasteiger partial charge is 0.419 e. The molecule has 0 spiro atoms. The third kappa shape index (κ3) is 5.67. The maximum Gasteiger partial charge on any atom is 0.419 e. The lowest BCUT2D eigenvalue weighted by molar-refractivity contribution is -0.119. The predicted octanol–water partition coefficient (Wildman–Crippen LogP) is 4.08. The van der Waals surface area contributed by atoms with Crippen LogP contribution in [0.3, 0.4) is 0 Å². The Bertz CT molecular complexity index is 1310. The largest absolute Gasteiger partial charge is 0.461 e. The molecule has 2 heterocycles. The minimum Gasteiger partial charge on any atom is -0.461 e. The molecule has 8 nitrogen and oxygen atoms in total. The number of benzene rings is 2. The van der Waals surface area contributed by atoms with E-state index in [0.29, 0.717) is 16.8 Å². The number of rotatable bonds is 4. The maximum atomic E-state index is 12.2. The van der Waals surface area contributed by atoms with Gasteiger partial charge < -0.3 is 14.6 Å². The van der Waals surface area contributed by atoms with E-state index in [-0.39, 0.29) is 24.8 Å². The fraction of sp³-hybridized carbons (Fsp3) is 0.208. The Morgan fingerprint density at radius 1 is 1.09 bits per heavy atom.